The van der Waals surface area contributed by atoms with Gasteiger partial charge in [-0.3, -0.25) is 4.79 Å². The molecule has 0 spiro atoms. The molecule has 1 aliphatic heterocycles. The van der Waals surface area contributed by atoms with E-state index in [0.29, 0.717) is 29.4 Å². The number of rotatable bonds is 3. The Morgan fingerprint density at radius 2 is 2.04 bits per heavy atom. The number of carbonyl (C=O) groups is 2. The molecular formula is C17H16ClN3O2. The van der Waals surface area contributed by atoms with E-state index in [0.717, 1.165) is 5.56 Å². The van der Waals surface area contributed by atoms with Crippen molar-refractivity contribution in [2.75, 3.05) is 18.4 Å². The number of fused-ring (bicyclic) bond motifs is 1. The van der Waals surface area contributed by atoms with Gasteiger partial charge in [0.2, 0.25) is 0 Å². The predicted molar refractivity (Wildman–Crippen MR) is 90.0 cm³/mol. The molecule has 3 rings (SSSR count). The van der Waals surface area contributed by atoms with Crippen molar-refractivity contribution in [2.45, 2.75) is 5.92 Å². The first-order valence-electron chi connectivity index (χ1n) is 7.31. The van der Waals surface area contributed by atoms with Crippen molar-refractivity contribution < 1.29 is 9.59 Å². The van der Waals surface area contributed by atoms with Crippen LogP contribution in [0, 0.1) is 0 Å². The van der Waals surface area contributed by atoms with Crippen LogP contribution in [0.5, 0.6) is 0 Å². The Balaban J connectivity index is 1.61. The van der Waals surface area contributed by atoms with E-state index in [4.69, 9.17) is 11.6 Å². The second-order valence-corrected chi connectivity index (χ2v) is 5.78. The summed E-state index contributed by atoms with van der Waals surface area (Å²) in [6.45, 7) is 0.941. The number of benzene rings is 2. The maximum atomic E-state index is 12.0. The molecule has 1 unspecified atom stereocenters. The highest BCUT2D eigenvalue weighted by Crippen LogP contribution is 2.23. The highest BCUT2D eigenvalue weighted by Gasteiger charge is 2.24. The number of hydrogen-bond donors (Lipinski definition) is 3. The van der Waals surface area contributed by atoms with E-state index in [1.807, 2.05) is 18.2 Å². The number of amides is 3. The van der Waals surface area contributed by atoms with Crippen LogP contribution in [0.2, 0.25) is 5.02 Å². The van der Waals surface area contributed by atoms with Crippen LogP contribution in [0.25, 0.3) is 0 Å². The third-order valence-corrected chi connectivity index (χ3v) is 3.98. The molecule has 0 saturated carbocycles. The van der Waals surface area contributed by atoms with Crippen LogP contribution in [0.1, 0.15) is 21.8 Å². The summed E-state index contributed by atoms with van der Waals surface area (Å²) < 4.78 is 0. The van der Waals surface area contributed by atoms with Gasteiger partial charge in [0, 0.05) is 35.3 Å². The van der Waals surface area contributed by atoms with Gasteiger partial charge in [-0.05, 0) is 29.8 Å². The molecular weight excluding hydrogens is 314 g/mol. The van der Waals surface area contributed by atoms with Crippen LogP contribution in [-0.2, 0) is 0 Å². The van der Waals surface area contributed by atoms with Gasteiger partial charge in [0.15, 0.2) is 0 Å². The summed E-state index contributed by atoms with van der Waals surface area (Å²) in [5.74, 6) is -0.0192. The molecule has 0 aliphatic carbocycles. The van der Waals surface area contributed by atoms with Gasteiger partial charge in [-0.1, -0.05) is 35.9 Å². The third kappa shape index (κ3) is 3.63. The molecule has 1 atom stereocenters. The third-order valence-electron chi connectivity index (χ3n) is 3.75. The molecule has 0 fully saturated rings. The molecule has 0 radical (unpaired) electrons. The summed E-state index contributed by atoms with van der Waals surface area (Å²) in [7, 11) is 0. The zero-order chi connectivity index (χ0) is 16.2. The number of halogens is 1. The minimum atomic E-state index is -0.304. The SMILES string of the molecule is O=C(NCC1CNC(=O)c2ccccc21)Nc1cccc(Cl)c1. The average Bonchev–Trinajstić information content (AvgIpc) is 2.54. The van der Waals surface area contributed by atoms with Gasteiger partial charge in [-0.15, -0.1) is 0 Å². The van der Waals surface area contributed by atoms with Crippen molar-refractivity contribution in [3.05, 3.63) is 64.7 Å². The average molecular weight is 330 g/mol. The molecule has 5 nitrogen and oxygen atoms in total. The predicted octanol–water partition coefficient (Wildman–Crippen LogP) is 2.99. The Morgan fingerprint density at radius 3 is 2.87 bits per heavy atom. The molecule has 23 heavy (non-hydrogen) atoms. The first-order valence-corrected chi connectivity index (χ1v) is 7.69. The van der Waals surface area contributed by atoms with Gasteiger partial charge >= 0.3 is 6.03 Å². The summed E-state index contributed by atoms with van der Waals surface area (Å²) in [5.41, 5.74) is 2.26. The van der Waals surface area contributed by atoms with E-state index in [1.165, 1.54) is 0 Å². The van der Waals surface area contributed by atoms with Gasteiger partial charge in [0.05, 0.1) is 0 Å². The van der Waals surface area contributed by atoms with Crippen LogP contribution in [-0.4, -0.2) is 25.0 Å². The van der Waals surface area contributed by atoms with Crippen molar-refractivity contribution in [1.82, 2.24) is 10.6 Å². The normalized spacial score (nSPS) is 16.2. The van der Waals surface area contributed by atoms with E-state index in [1.54, 1.807) is 30.3 Å². The minimum Gasteiger partial charge on any atom is -0.351 e. The molecule has 3 N–H and O–H groups in total. The quantitative estimate of drug-likeness (QED) is 0.810. The fourth-order valence-corrected chi connectivity index (χ4v) is 2.81. The molecule has 0 saturated heterocycles. The Kier molecular flexibility index (Phi) is 4.48. The van der Waals surface area contributed by atoms with Crippen molar-refractivity contribution in [3.63, 3.8) is 0 Å². The van der Waals surface area contributed by atoms with Crippen LogP contribution < -0.4 is 16.0 Å². The molecule has 118 valence electrons. The summed E-state index contributed by atoms with van der Waals surface area (Å²) in [6, 6.07) is 14.1. The molecule has 0 bridgehead atoms. The van der Waals surface area contributed by atoms with E-state index in [2.05, 4.69) is 16.0 Å². The van der Waals surface area contributed by atoms with Crippen molar-refractivity contribution in [3.8, 4) is 0 Å². The Bertz CT molecular complexity index is 748. The largest absolute Gasteiger partial charge is 0.351 e. The first kappa shape index (κ1) is 15.4. The molecule has 1 aliphatic rings. The number of nitrogens with one attached hydrogen (secondary N) is 3. The van der Waals surface area contributed by atoms with E-state index in [-0.39, 0.29) is 17.9 Å². The maximum Gasteiger partial charge on any atom is 0.319 e. The molecule has 6 heteroatoms. The smallest absolute Gasteiger partial charge is 0.319 e. The van der Waals surface area contributed by atoms with Crippen molar-refractivity contribution in [2.24, 2.45) is 0 Å². The molecule has 0 aromatic heterocycles. The summed E-state index contributed by atoms with van der Waals surface area (Å²) in [4.78, 5) is 23.8. The Morgan fingerprint density at radius 1 is 1.22 bits per heavy atom. The van der Waals surface area contributed by atoms with Crippen molar-refractivity contribution in [1.29, 1.82) is 0 Å². The van der Waals surface area contributed by atoms with Gasteiger partial charge in [0.1, 0.15) is 0 Å². The number of urea groups is 1. The van der Waals surface area contributed by atoms with E-state index < -0.39 is 0 Å². The lowest BCUT2D eigenvalue weighted by Crippen LogP contribution is -2.41. The second kappa shape index (κ2) is 6.71. The molecule has 3 amide bonds. The molecule has 2 aromatic rings. The van der Waals surface area contributed by atoms with Crippen LogP contribution in [0.15, 0.2) is 48.5 Å². The fourth-order valence-electron chi connectivity index (χ4n) is 2.62. The topological polar surface area (TPSA) is 70.2 Å². The Hall–Kier alpha value is -2.53. The standard InChI is InChI=1S/C17H16ClN3O2/c18-12-4-3-5-13(8-12)21-17(23)20-10-11-9-19-16(22)15-7-2-1-6-14(11)15/h1-8,11H,9-10H2,(H,19,22)(H2,20,21,23). The molecule has 2 aromatic carbocycles. The van der Waals surface area contributed by atoms with Gasteiger partial charge < -0.3 is 16.0 Å². The maximum absolute atomic E-state index is 12.0. The van der Waals surface area contributed by atoms with Gasteiger partial charge in [-0.25, -0.2) is 4.79 Å². The minimum absolute atomic E-state index is 0.0500. The lowest BCUT2D eigenvalue weighted by atomic mass is 9.90. The number of hydrogen-bond acceptors (Lipinski definition) is 2. The number of anilines is 1. The van der Waals surface area contributed by atoms with E-state index in [9.17, 15) is 9.59 Å². The summed E-state index contributed by atoms with van der Waals surface area (Å²) >= 11 is 5.89. The van der Waals surface area contributed by atoms with Crippen LogP contribution in [0.4, 0.5) is 10.5 Å². The van der Waals surface area contributed by atoms with E-state index >= 15 is 0 Å². The summed E-state index contributed by atoms with van der Waals surface area (Å²) in [6.07, 6.45) is 0. The highest BCUT2D eigenvalue weighted by molar-refractivity contribution is 6.30. The zero-order valence-corrected chi connectivity index (χ0v) is 13.1. The van der Waals surface area contributed by atoms with Crippen LogP contribution in [0.3, 0.4) is 0 Å². The fraction of sp³-hybridized carbons (Fsp3) is 0.176. The zero-order valence-electron chi connectivity index (χ0n) is 12.3. The summed E-state index contributed by atoms with van der Waals surface area (Å²) in [5, 5.41) is 8.97. The van der Waals surface area contributed by atoms with Gasteiger partial charge in [-0.2, -0.15) is 0 Å². The van der Waals surface area contributed by atoms with Gasteiger partial charge in [0.25, 0.3) is 5.91 Å². The second-order valence-electron chi connectivity index (χ2n) is 5.34. The first-order chi connectivity index (χ1) is 11.1. The van der Waals surface area contributed by atoms with Crippen LogP contribution >= 0.6 is 11.6 Å². The monoisotopic (exact) mass is 329 g/mol. The lowest BCUT2D eigenvalue weighted by molar-refractivity contribution is 0.0940. The van der Waals surface area contributed by atoms with Crippen molar-refractivity contribution >= 4 is 29.2 Å². The molecule has 1 heterocycles. The Labute approximate surface area is 139 Å². The highest BCUT2D eigenvalue weighted by atomic mass is 35.5. The number of carbonyl (C=O) groups excluding carboxylic acids is 2. The lowest BCUT2D eigenvalue weighted by Gasteiger charge is -2.25.